The number of fused-ring (bicyclic) bond motifs is 1. The van der Waals surface area contributed by atoms with E-state index in [9.17, 15) is 22.0 Å². The number of halogens is 5. The van der Waals surface area contributed by atoms with Crippen molar-refractivity contribution in [3.05, 3.63) is 47.5 Å². The van der Waals surface area contributed by atoms with Gasteiger partial charge in [-0.05, 0) is 17.7 Å². The molecule has 132 valence electrons. The Morgan fingerprint density at radius 1 is 1.20 bits per heavy atom. The lowest BCUT2D eigenvalue weighted by molar-refractivity contribution is -0.137. The Morgan fingerprint density at radius 3 is 2.60 bits per heavy atom. The minimum atomic E-state index is -4.50. The lowest BCUT2D eigenvalue weighted by atomic mass is 10.0. The first-order chi connectivity index (χ1) is 11.8. The van der Waals surface area contributed by atoms with Gasteiger partial charge in [-0.1, -0.05) is 6.07 Å². The monoisotopic (exact) mass is 358 g/mol. The molecule has 1 aromatic carbocycles. The highest BCUT2D eigenvalue weighted by molar-refractivity contribution is 5.64. The first-order valence-electron chi connectivity index (χ1n) is 6.99. The van der Waals surface area contributed by atoms with Crippen molar-refractivity contribution in [1.29, 1.82) is 0 Å². The van der Waals surface area contributed by atoms with E-state index in [-0.39, 0.29) is 23.5 Å². The van der Waals surface area contributed by atoms with Crippen LogP contribution >= 0.6 is 0 Å². The number of ether oxygens (including phenoxy) is 1. The maximum absolute atomic E-state index is 13.0. The molecule has 10 heteroatoms. The molecule has 0 saturated carbocycles. The predicted molar refractivity (Wildman–Crippen MR) is 76.9 cm³/mol. The van der Waals surface area contributed by atoms with E-state index in [1.54, 1.807) is 0 Å². The Kier molecular flexibility index (Phi) is 4.38. The normalized spacial score (nSPS) is 12.3. The number of aromatic nitrogens is 4. The number of hydrogen-bond acceptors (Lipinski definition) is 4. The van der Waals surface area contributed by atoms with Crippen LogP contribution in [0.2, 0.25) is 0 Å². The quantitative estimate of drug-likeness (QED) is 0.664. The van der Waals surface area contributed by atoms with Crippen LogP contribution in [0.1, 0.15) is 23.4 Å². The third kappa shape index (κ3) is 3.29. The summed E-state index contributed by atoms with van der Waals surface area (Å²) in [5.74, 6) is -0.571. The number of alkyl halides is 5. The second kappa shape index (κ2) is 6.36. The van der Waals surface area contributed by atoms with Gasteiger partial charge in [0.15, 0.2) is 5.65 Å². The Morgan fingerprint density at radius 2 is 1.96 bits per heavy atom. The van der Waals surface area contributed by atoms with E-state index in [1.165, 1.54) is 25.6 Å². The first-order valence-corrected chi connectivity index (χ1v) is 6.99. The van der Waals surface area contributed by atoms with Crippen molar-refractivity contribution in [2.24, 2.45) is 0 Å². The average Bonchev–Trinajstić information content (AvgIpc) is 2.97. The van der Waals surface area contributed by atoms with E-state index in [0.29, 0.717) is 5.56 Å². The molecule has 3 aromatic rings. The first kappa shape index (κ1) is 17.2. The molecular weight excluding hydrogens is 347 g/mol. The molecule has 0 aliphatic carbocycles. The van der Waals surface area contributed by atoms with Crippen LogP contribution in [0.25, 0.3) is 16.9 Å². The third-order valence-corrected chi connectivity index (χ3v) is 3.52. The van der Waals surface area contributed by atoms with Gasteiger partial charge in [-0.15, -0.1) is 10.2 Å². The highest BCUT2D eigenvalue weighted by Crippen LogP contribution is 2.33. The molecule has 0 aliphatic rings. The van der Waals surface area contributed by atoms with E-state index < -0.39 is 24.0 Å². The van der Waals surface area contributed by atoms with Crippen molar-refractivity contribution in [2.75, 3.05) is 7.11 Å². The molecule has 0 N–H and O–H groups in total. The molecule has 0 bridgehead atoms. The summed E-state index contributed by atoms with van der Waals surface area (Å²) in [5, 5.41) is 6.96. The Hall–Kier alpha value is -2.62. The van der Waals surface area contributed by atoms with Crippen molar-refractivity contribution in [2.45, 2.75) is 19.2 Å². The van der Waals surface area contributed by atoms with Gasteiger partial charge >= 0.3 is 6.18 Å². The topological polar surface area (TPSA) is 52.3 Å². The number of methoxy groups -OCH3 is 1. The molecule has 0 aliphatic heterocycles. The van der Waals surface area contributed by atoms with Crippen molar-refractivity contribution in [3.63, 3.8) is 0 Å². The molecule has 0 radical (unpaired) electrons. The van der Waals surface area contributed by atoms with Crippen LogP contribution in [0.5, 0.6) is 0 Å². The zero-order valence-corrected chi connectivity index (χ0v) is 12.8. The molecular formula is C15H11F5N4O. The number of rotatable bonds is 4. The van der Waals surface area contributed by atoms with Crippen LogP contribution < -0.4 is 0 Å². The lowest BCUT2D eigenvalue weighted by Crippen LogP contribution is -2.07. The fraction of sp³-hybridized carbons (Fsp3) is 0.267. The van der Waals surface area contributed by atoms with E-state index in [4.69, 9.17) is 4.74 Å². The fourth-order valence-electron chi connectivity index (χ4n) is 2.40. The average molecular weight is 358 g/mol. The van der Waals surface area contributed by atoms with E-state index >= 15 is 0 Å². The SMILES string of the molecule is COCc1cc(C(F)(F)F)ccc1-c1cn2c(C(F)F)nnc2cn1. The summed E-state index contributed by atoms with van der Waals surface area (Å²) in [6, 6.07) is 3.09. The largest absolute Gasteiger partial charge is 0.416 e. The minimum absolute atomic E-state index is 0.0944. The van der Waals surface area contributed by atoms with E-state index in [0.717, 1.165) is 16.5 Å². The second-order valence-corrected chi connectivity index (χ2v) is 5.16. The maximum Gasteiger partial charge on any atom is 0.416 e. The summed E-state index contributed by atoms with van der Waals surface area (Å²) in [6.07, 6.45) is -4.87. The summed E-state index contributed by atoms with van der Waals surface area (Å²) in [6.45, 7) is -0.0944. The summed E-state index contributed by atoms with van der Waals surface area (Å²) in [5.41, 5.74) is 0.0534. The summed E-state index contributed by atoms with van der Waals surface area (Å²) < 4.78 is 70.6. The van der Waals surface area contributed by atoms with Gasteiger partial charge in [-0.3, -0.25) is 9.38 Å². The number of hydrogen-bond donors (Lipinski definition) is 0. The van der Waals surface area contributed by atoms with Gasteiger partial charge in [0, 0.05) is 18.9 Å². The third-order valence-electron chi connectivity index (χ3n) is 3.52. The van der Waals surface area contributed by atoms with Gasteiger partial charge in [0.2, 0.25) is 5.82 Å². The van der Waals surface area contributed by atoms with Gasteiger partial charge in [-0.25, -0.2) is 8.78 Å². The van der Waals surface area contributed by atoms with Crippen LogP contribution in [0.3, 0.4) is 0 Å². The zero-order chi connectivity index (χ0) is 18.2. The summed E-state index contributed by atoms with van der Waals surface area (Å²) in [7, 11) is 1.34. The standard InChI is InChI=1S/C15H11F5N4O/c1-25-7-8-4-9(15(18,19)20)2-3-10(8)11-6-24-12(5-21-11)22-23-14(24)13(16)17/h2-6,13H,7H2,1H3. The molecule has 0 fully saturated rings. The van der Waals surface area contributed by atoms with Crippen LogP contribution in [0, 0.1) is 0 Å². The van der Waals surface area contributed by atoms with Crippen molar-refractivity contribution in [1.82, 2.24) is 19.6 Å². The fourth-order valence-corrected chi connectivity index (χ4v) is 2.40. The Bertz CT molecular complexity index is 907. The highest BCUT2D eigenvalue weighted by atomic mass is 19.4. The van der Waals surface area contributed by atoms with Gasteiger partial charge in [0.05, 0.1) is 24.1 Å². The molecule has 3 rings (SSSR count). The van der Waals surface area contributed by atoms with Crippen molar-refractivity contribution < 1.29 is 26.7 Å². The second-order valence-electron chi connectivity index (χ2n) is 5.16. The van der Waals surface area contributed by atoms with Gasteiger partial charge in [-0.2, -0.15) is 13.2 Å². The summed E-state index contributed by atoms with van der Waals surface area (Å²) >= 11 is 0. The predicted octanol–water partition coefficient (Wildman–Crippen LogP) is 3.89. The van der Waals surface area contributed by atoms with E-state index in [1.807, 2.05) is 0 Å². The molecule has 0 amide bonds. The molecule has 5 nitrogen and oxygen atoms in total. The zero-order valence-electron chi connectivity index (χ0n) is 12.8. The van der Waals surface area contributed by atoms with Gasteiger partial charge in [0.1, 0.15) is 0 Å². The molecule has 25 heavy (non-hydrogen) atoms. The minimum Gasteiger partial charge on any atom is -0.380 e. The van der Waals surface area contributed by atoms with Gasteiger partial charge < -0.3 is 4.74 Å². The van der Waals surface area contributed by atoms with Gasteiger partial charge in [0.25, 0.3) is 6.43 Å². The van der Waals surface area contributed by atoms with Crippen LogP contribution in [0.4, 0.5) is 22.0 Å². The molecule has 2 aromatic heterocycles. The molecule has 0 saturated heterocycles. The number of benzene rings is 1. The number of nitrogens with zero attached hydrogens (tertiary/aromatic N) is 4. The van der Waals surface area contributed by atoms with Crippen LogP contribution in [0.15, 0.2) is 30.6 Å². The Labute approximate surface area is 138 Å². The molecule has 0 atom stereocenters. The highest BCUT2D eigenvalue weighted by Gasteiger charge is 2.31. The molecule has 2 heterocycles. The lowest BCUT2D eigenvalue weighted by Gasteiger charge is -2.13. The maximum atomic E-state index is 13.0. The van der Waals surface area contributed by atoms with Crippen LogP contribution in [-0.2, 0) is 17.5 Å². The van der Waals surface area contributed by atoms with E-state index in [2.05, 4.69) is 15.2 Å². The van der Waals surface area contributed by atoms with Crippen molar-refractivity contribution >= 4 is 5.65 Å². The molecule has 0 unspecified atom stereocenters. The van der Waals surface area contributed by atoms with Crippen molar-refractivity contribution in [3.8, 4) is 11.3 Å². The van der Waals surface area contributed by atoms with Crippen LogP contribution in [-0.4, -0.2) is 26.7 Å². The smallest absolute Gasteiger partial charge is 0.380 e. The Balaban J connectivity index is 2.14. The summed E-state index contributed by atoms with van der Waals surface area (Å²) in [4.78, 5) is 4.08. The molecule has 0 spiro atoms.